The van der Waals surface area contributed by atoms with Gasteiger partial charge in [0.1, 0.15) is 10.9 Å². The monoisotopic (exact) mass is 359 g/mol. The Morgan fingerprint density at radius 1 is 1.28 bits per heavy atom. The second-order valence-corrected chi connectivity index (χ2v) is 5.90. The second-order valence-electron chi connectivity index (χ2n) is 5.01. The van der Waals surface area contributed by atoms with Gasteiger partial charge in [0.25, 0.3) is 5.89 Å². The molecule has 0 aliphatic rings. The minimum Gasteiger partial charge on any atom is -0.418 e. The van der Waals surface area contributed by atoms with Gasteiger partial charge in [0.2, 0.25) is 11.8 Å². The zero-order chi connectivity index (χ0) is 18.2. The van der Waals surface area contributed by atoms with E-state index in [2.05, 4.69) is 20.5 Å². The highest BCUT2D eigenvalue weighted by atomic mass is 32.1. The van der Waals surface area contributed by atoms with Gasteiger partial charge < -0.3 is 15.5 Å². The van der Waals surface area contributed by atoms with Crippen molar-refractivity contribution in [1.29, 1.82) is 0 Å². The lowest BCUT2D eigenvalue weighted by atomic mass is 10.1. The zero-order valence-corrected chi connectivity index (χ0v) is 15.2. The van der Waals surface area contributed by atoms with Gasteiger partial charge in [-0.25, -0.2) is 0 Å². The second kappa shape index (κ2) is 8.93. The smallest absolute Gasteiger partial charge is 0.259 e. The molecule has 0 fully saturated rings. The van der Waals surface area contributed by atoms with Crippen LogP contribution in [0.25, 0.3) is 10.8 Å². The van der Waals surface area contributed by atoms with E-state index in [1.165, 1.54) is 18.3 Å². The first-order valence-corrected chi connectivity index (χ1v) is 8.83. The van der Waals surface area contributed by atoms with Gasteiger partial charge in [-0.15, -0.1) is 21.5 Å². The molecule has 2 heterocycles. The number of anilines is 1. The van der Waals surface area contributed by atoms with Crippen LogP contribution >= 0.6 is 11.3 Å². The van der Waals surface area contributed by atoms with Crippen LogP contribution in [0.1, 0.15) is 38.3 Å². The Morgan fingerprint density at radius 2 is 2.00 bits per heavy atom. The number of hydrogen-bond donors (Lipinski definition) is 2. The summed E-state index contributed by atoms with van der Waals surface area (Å²) in [7, 11) is 0. The third-order valence-electron chi connectivity index (χ3n) is 3.18. The minimum absolute atomic E-state index is 0.164. The molecule has 25 heavy (non-hydrogen) atoms. The van der Waals surface area contributed by atoms with Gasteiger partial charge in [0.15, 0.2) is 0 Å². The summed E-state index contributed by atoms with van der Waals surface area (Å²) in [6, 6.07) is 7.05. The first-order chi connectivity index (χ1) is 12.1. The normalized spacial score (nSPS) is 11.3. The van der Waals surface area contributed by atoms with E-state index in [4.69, 9.17) is 10.2 Å². The zero-order valence-electron chi connectivity index (χ0n) is 14.4. The molecular weight excluding hydrogens is 338 g/mol. The van der Waals surface area contributed by atoms with Crippen LogP contribution in [0.15, 0.2) is 40.4 Å². The van der Waals surface area contributed by atoms with Gasteiger partial charge in [-0.1, -0.05) is 26.0 Å². The molecule has 1 amide bonds. The molecule has 0 aliphatic carbocycles. The number of hydrogen-bond acceptors (Lipinski definition) is 7. The average Bonchev–Trinajstić information content (AvgIpc) is 3.29. The highest BCUT2D eigenvalue weighted by Gasteiger charge is 2.21. The number of nitrogen functional groups attached to an aromatic ring is 1. The molecule has 1 unspecified atom stereocenters. The Kier molecular flexibility index (Phi) is 6.64. The average molecular weight is 359 g/mol. The Labute approximate surface area is 150 Å². The molecule has 2 aromatic heterocycles. The van der Waals surface area contributed by atoms with E-state index in [1.54, 1.807) is 11.7 Å². The molecule has 0 bridgehead atoms. The van der Waals surface area contributed by atoms with Crippen molar-refractivity contribution < 1.29 is 9.21 Å². The van der Waals surface area contributed by atoms with Crippen LogP contribution in [0.3, 0.4) is 0 Å². The van der Waals surface area contributed by atoms with Crippen molar-refractivity contribution >= 4 is 22.9 Å². The Balaban J connectivity index is 0.00000109. The van der Waals surface area contributed by atoms with E-state index in [9.17, 15) is 4.79 Å². The van der Waals surface area contributed by atoms with Crippen LogP contribution in [-0.2, 0) is 11.2 Å². The Morgan fingerprint density at radius 3 is 2.60 bits per heavy atom. The maximum Gasteiger partial charge on any atom is 0.259 e. The number of aromatic nitrogens is 3. The van der Waals surface area contributed by atoms with Crippen LogP contribution in [0.4, 0.5) is 5.69 Å². The van der Waals surface area contributed by atoms with E-state index in [-0.39, 0.29) is 5.91 Å². The van der Waals surface area contributed by atoms with E-state index in [1.807, 2.05) is 38.1 Å². The molecule has 7 nitrogen and oxygen atoms in total. The highest BCUT2D eigenvalue weighted by Crippen LogP contribution is 2.25. The van der Waals surface area contributed by atoms with Crippen LogP contribution in [0, 0.1) is 0 Å². The summed E-state index contributed by atoms with van der Waals surface area (Å²) in [4.78, 5) is 16.3. The van der Waals surface area contributed by atoms with Crippen molar-refractivity contribution in [2.45, 2.75) is 33.2 Å². The summed E-state index contributed by atoms with van der Waals surface area (Å²) in [5.41, 5.74) is 9.08. The van der Waals surface area contributed by atoms with Crippen molar-refractivity contribution in [3.63, 3.8) is 0 Å². The molecule has 132 valence electrons. The first-order valence-electron chi connectivity index (χ1n) is 7.95. The van der Waals surface area contributed by atoms with Crippen molar-refractivity contribution in [3.8, 4) is 10.8 Å². The molecule has 8 heteroatoms. The van der Waals surface area contributed by atoms with Crippen LogP contribution in [0.5, 0.6) is 0 Å². The summed E-state index contributed by atoms with van der Waals surface area (Å²) in [5.74, 6) is 0.596. The predicted octanol–water partition coefficient (Wildman–Crippen LogP) is 3.22. The molecule has 0 saturated carbocycles. The lowest BCUT2D eigenvalue weighted by Gasteiger charge is -2.14. The highest BCUT2D eigenvalue weighted by molar-refractivity contribution is 7.13. The number of carbonyl (C=O) groups is 1. The van der Waals surface area contributed by atoms with Crippen molar-refractivity contribution in [2.24, 2.45) is 0 Å². The molecule has 0 radical (unpaired) electrons. The van der Waals surface area contributed by atoms with Crippen LogP contribution in [0.2, 0.25) is 0 Å². The molecule has 0 spiro atoms. The van der Waals surface area contributed by atoms with Gasteiger partial charge in [-0.3, -0.25) is 9.78 Å². The van der Waals surface area contributed by atoms with E-state index in [0.717, 1.165) is 10.4 Å². The van der Waals surface area contributed by atoms with E-state index < -0.39 is 6.04 Å². The number of thiazole rings is 1. The fourth-order valence-electron chi connectivity index (χ4n) is 2.13. The van der Waals surface area contributed by atoms with Crippen molar-refractivity contribution in [3.05, 3.63) is 47.4 Å². The van der Waals surface area contributed by atoms with Gasteiger partial charge >= 0.3 is 0 Å². The molecule has 0 saturated heterocycles. The number of benzene rings is 1. The lowest BCUT2D eigenvalue weighted by molar-refractivity contribution is -0.119. The summed E-state index contributed by atoms with van der Waals surface area (Å²) in [5, 5.41) is 10.9. The molecule has 0 aliphatic heterocycles. The number of amides is 1. The van der Waals surface area contributed by atoms with Crippen molar-refractivity contribution in [1.82, 2.24) is 20.5 Å². The minimum atomic E-state index is -0.398. The maximum atomic E-state index is 11.5. The van der Waals surface area contributed by atoms with Crippen LogP contribution < -0.4 is 11.1 Å². The summed E-state index contributed by atoms with van der Waals surface area (Å²) in [6.45, 7) is 5.45. The Hall–Kier alpha value is -2.74. The molecule has 3 rings (SSSR count). The summed E-state index contributed by atoms with van der Waals surface area (Å²) < 4.78 is 5.70. The molecule has 3 N–H and O–H groups in total. The number of nitrogens with two attached hydrogens (primary N) is 1. The fourth-order valence-corrected chi connectivity index (χ4v) is 2.67. The number of nitrogens with zero attached hydrogens (tertiary/aromatic N) is 3. The van der Waals surface area contributed by atoms with Gasteiger partial charge in [-0.2, -0.15) is 0 Å². The first kappa shape index (κ1) is 18.6. The lowest BCUT2D eigenvalue weighted by Crippen LogP contribution is -2.28. The Bertz CT molecular complexity index is 784. The van der Waals surface area contributed by atoms with Gasteiger partial charge in [-0.05, 0) is 17.7 Å². The van der Waals surface area contributed by atoms with E-state index in [0.29, 0.717) is 23.9 Å². The SMILES string of the molecule is CC.CC(=O)NC(Cc1ccc(N)cc1)c1nnc(-c2cncs2)o1. The summed E-state index contributed by atoms with van der Waals surface area (Å²) in [6.07, 6.45) is 2.19. The van der Waals surface area contributed by atoms with Gasteiger partial charge in [0, 0.05) is 19.0 Å². The van der Waals surface area contributed by atoms with Crippen LogP contribution in [-0.4, -0.2) is 21.1 Å². The molecule has 3 aromatic rings. The quantitative estimate of drug-likeness (QED) is 0.677. The molecular formula is C17H21N5O2S. The van der Waals surface area contributed by atoms with Crippen molar-refractivity contribution in [2.75, 3.05) is 5.73 Å². The van der Waals surface area contributed by atoms with E-state index >= 15 is 0 Å². The number of carbonyl (C=O) groups excluding carboxylic acids is 1. The molecule has 1 aromatic carbocycles. The topological polar surface area (TPSA) is 107 Å². The van der Waals surface area contributed by atoms with Gasteiger partial charge in [0.05, 0.1) is 11.7 Å². The predicted molar refractivity (Wildman–Crippen MR) is 97.9 cm³/mol. The summed E-state index contributed by atoms with van der Waals surface area (Å²) >= 11 is 1.41. The number of rotatable bonds is 5. The number of nitrogens with one attached hydrogen (secondary N) is 1. The maximum absolute atomic E-state index is 11.5. The third kappa shape index (κ3) is 5.12. The largest absolute Gasteiger partial charge is 0.418 e. The third-order valence-corrected chi connectivity index (χ3v) is 3.94. The molecule has 1 atom stereocenters. The standard InChI is InChI=1S/C15H15N5O2S.C2H6/c1-9(21)18-12(6-10-2-4-11(16)5-3-10)14-19-20-15(22-14)13-7-17-8-23-13;1-2/h2-5,7-8,12H,6,16H2,1H3,(H,18,21);1-2H3. The fraction of sp³-hybridized carbons (Fsp3) is 0.294.